The predicted octanol–water partition coefficient (Wildman–Crippen LogP) is 1.08. The average molecular weight is 207 g/mol. The van der Waals surface area contributed by atoms with Crippen molar-refractivity contribution in [1.29, 1.82) is 0 Å². The number of rotatable bonds is 4. The molecule has 0 bridgehead atoms. The number of ether oxygens (including phenoxy) is 1. The van der Waals surface area contributed by atoms with Crippen molar-refractivity contribution in [1.82, 2.24) is 9.97 Å². The highest BCUT2D eigenvalue weighted by atomic mass is 16.5. The lowest BCUT2D eigenvalue weighted by molar-refractivity contribution is 0.298. The molecule has 0 saturated heterocycles. The van der Waals surface area contributed by atoms with Gasteiger partial charge in [-0.25, -0.2) is 4.98 Å². The standard InChI is InChI=1S/C11H17N3O/c12-6-3-7-15-11-8-13-9-4-1-2-5-10(9)14-11/h8H,1-7,12H2. The molecule has 0 unspecified atom stereocenters. The zero-order valence-corrected chi connectivity index (χ0v) is 8.91. The number of fused-ring (bicyclic) bond motifs is 1. The molecule has 0 spiro atoms. The monoisotopic (exact) mass is 207 g/mol. The van der Waals surface area contributed by atoms with E-state index >= 15 is 0 Å². The number of aryl methyl sites for hydroxylation is 2. The Morgan fingerprint density at radius 3 is 2.87 bits per heavy atom. The second-order valence-electron chi connectivity index (χ2n) is 3.80. The smallest absolute Gasteiger partial charge is 0.232 e. The first kappa shape index (κ1) is 10.4. The fourth-order valence-corrected chi connectivity index (χ4v) is 1.76. The molecule has 1 aliphatic carbocycles. The van der Waals surface area contributed by atoms with Gasteiger partial charge in [-0.1, -0.05) is 0 Å². The molecule has 0 atom stereocenters. The highest BCUT2D eigenvalue weighted by Gasteiger charge is 2.12. The van der Waals surface area contributed by atoms with Gasteiger partial charge in [0.1, 0.15) is 0 Å². The summed E-state index contributed by atoms with van der Waals surface area (Å²) in [6.07, 6.45) is 7.13. The van der Waals surface area contributed by atoms with Gasteiger partial charge in [0.2, 0.25) is 5.88 Å². The van der Waals surface area contributed by atoms with E-state index in [1.807, 2.05) is 0 Å². The molecule has 82 valence electrons. The molecule has 0 radical (unpaired) electrons. The van der Waals surface area contributed by atoms with Crippen LogP contribution in [0.2, 0.25) is 0 Å². The first-order valence-electron chi connectivity index (χ1n) is 5.58. The number of nitrogens with two attached hydrogens (primary N) is 1. The van der Waals surface area contributed by atoms with Gasteiger partial charge in [0.05, 0.1) is 24.2 Å². The second kappa shape index (κ2) is 5.07. The van der Waals surface area contributed by atoms with Gasteiger partial charge in [0.25, 0.3) is 0 Å². The summed E-state index contributed by atoms with van der Waals surface area (Å²) in [5.74, 6) is 0.643. The van der Waals surface area contributed by atoms with Crippen molar-refractivity contribution in [3.8, 4) is 5.88 Å². The summed E-state index contributed by atoms with van der Waals surface area (Å²) >= 11 is 0. The fraction of sp³-hybridized carbons (Fsp3) is 0.636. The summed E-state index contributed by atoms with van der Waals surface area (Å²) in [4.78, 5) is 8.84. The van der Waals surface area contributed by atoms with Crippen LogP contribution in [0.1, 0.15) is 30.7 Å². The van der Waals surface area contributed by atoms with Crippen LogP contribution >= 0.6 is 0 Å². The van der Waals surface area contributed by atoms with Crippen LogP contribution in [-0.4, -0.2) is 23.1 Å². The first-order valence-corrected chi connectivity index (χ1v) is 5.58. The lowest BCUT2D eigenvalue weighted by Gasteiger charge is -2.14. The zero-order valence-electron chi connectivity index (χ0n) is 8.91. The van der Waals surface area contributed by atoms with E-state index < -0.39 is 0 Å². The second-order valence-corrected chi connectivity index (χ2v) is 3.80. The summed E-state index contributed by atoms with van der Waals surface area (Å²) in [6, 6.07) is 0. The van der Waals surface area contributed by atoms with Crippen molar-refractivity contribution < 1.29 is 4.74 Å². The maximum absolute atomic E-state index is 5.46. The van der Waals surface area contributed by atoms with Gasteiger partial charge in [0, 0.05) is 0 Å². The summed E-state index contributed by atoms with van der Waals surface area (Å²) in [5.41, 5.74) is 7.65. The first-order chi connectivity index (χ1) is 7.40. The Kier molecular flexibility index (Phi) is 3.50. The molecule has 0 aromatic carbocycles. The van der Waals surface area contributed by atoms with Gasteiger partial charge in [-0.15, -0.1) is 0 Å². The highest BCUT2D eigenvalue weighted by molar-refractivity contribution is 5.19. The van der Waals surface area contributed by atoms with Crippen molar-refractivity contribution in [2.24, 2.45) is 5.73 Å². The zero-order chi connectivity index (χ0) is 10.5. The molecule has 1 aromatic heterocycles. The van der Waals surface area contributed by atoms with E-state index in [-0.39, 0.29) is 0 Å². The van der Waals surface area contributed by atoms with Gasteiger partial charge in [0.15, 0.2) is 0 Å². The predicted molar refractivity (Wildman–Crippen MR) is 57.8 cm³/mol. The van der Waals surface area contributed by atoms with Crippen molar-refractivity contribution in [2.75, 3.05) is 13.2 Å². The third kappa shape index (κ3) is 2.65. The average Bonchev–Trinajstić information content (AvgIpc) is 2.29. The maximum Gasteiger partial charge on any atom is 0.232 e. The third-order valence-corrected chi connectivity index (χ3v) is 2.58. The SMILES string of the molecule is NCCCOc1cnc2c(n1)CCCC2. The maximum atomic E-state index is 5.46. The van der Waals surface area contributed by atoms with Crippen LogP contribution in [0.4, 0.5) is 0 Å². The number of hydrogen-bond acceptors (Lipinski definition) is 4. The van der Waals surface area contributed by atoms with E-state index in [9.17, 15) is 0 Å². The minimum absolute atomic E-state index is 0.629. The number of hydrogen-bond donors (Lipinski definition) is 1. The van der Waals surface area contributed by atoms with Crippen molar-refractivity contribution >= 4 is 0 Å². The molecule has 0 saturated carbocycles. The molecular weight excluding hydrogens is 190 g/mol. The van der Waals surface area contributed by atoms with E-state index in [1.54, 1.807) is 6.20 Å². The van der Waals surface area contributed by atoms with Gasteiger partial charge < -0.3 is 10.5 Å². The molecular formula is C11H17N3O. The van der Waals surface area contributed by atoms with E-state index in [4.69, 9.17) is 10.5 Å². The topological polar surface area (TPSA) is 61.0 Å². The molecule has 4 nitrogen and oxygen atoms in total. The van der Waals surface area contributed by atoms with E-state index in [1.165, 1.54) is 12.8 Å². The van der Waals surface area contributed by atoms with Gasteiger partial charge in [-0.2, -0.15) is 0 Å². The Balaban J connectivity index is 2.00. The Morgan fingerprint density at radius 1 is 1.27 bits per heavy atom. The fourth-order valence-electron chi connectivity index (χ4n) is 1.76. The van der Waals surface area contributed by atoms with Crippen LogP contribution in [0.3, 0.4) is 0 Å². The third-order valence-electron chi connectivity index (χ3n) is 2.58. The highest BCUT2D eigenvalue weighted by Crippen LogP contribution is 2.19. The minimum atomic E-state index is 0.629. The Labute approximate surface area is 89.9 Å². The van der Waals surface area contributed by atoms with Crippen LogP contribution in [0.25, 0.3) is 0 Å². The van der Waals surface area contributed by atoms with Gasteiger partial charge in [-0.05, 0) is 38.6 Å². The summed E-state index contributed by atoms with van der Waals surface area (Å²) in [5, 5.41) is 0. The Morgan fingerprint density at radius 2 is 2.07 bits per heavy atom. The van der Waals surface area contributed by atoms with Crippen LogP contribution in [0.15, 0.2) is 6.20 Å². The van der Waals surface area contributed by atoms with Crippen LogP contribution in [0, 0.1) is 0 Å². The molecule has 0 aliphatic heterocycles. The van der Waals surface area contributed by atoms with Crippen LogP contribution < -0.4 is 10.5 Å². The summed E-state index contributed by atoms with van der Waals surface area (Å²) in [7, 11) is 0. The van der Waals surface area contributed by atoms with E-state index in [0.29, 0.717) is 19.0 Å². The van der Waals surface area contributed by atoms with Crippen LogP contribution in [-0.2, 0) is 12.8 Å². The largest absolute Gasteiger partial charge is 0.477 e. The molecule has 0 fully saturated rings. The molecule has 4 heteroatoms. The van der Waals surface area contributed by atoms with Crippen molar-refractivity contribution in [2.45, 2.75) is 32.1 Å². The minimum Gasteiger partial charge on any atom is -0.477 e. The van der Waals surface area contributed by atoms with E-state index in [0.717, 1.165) is 30.7 Å². The van der Waals surface area contributed by atoms with Gasteiger partial charge in [-0.3, -0.25) is 4.98 Å². The lowest BCUT2D eigenvalue weighted by Crippen LogP contribution is -2.11. The van der Waals surface area contributed by atoms with Crippen molar-refractivity contribution in [3.05, 3.63) is 17.6 Å². The molecule has 1 aliphatic rings. The summed E-state index contributed by atoms with van der Waals surface area (Å²) < 4.78 is 5.46. The Hall–Kier alpha value is -1.16. The molecule has 2 N–H and O–H groups in total. The normalized spacial score (nSPS) is 14.7. The molecule has 1 heterocycles. The summed E-state index contributed by atoms with van der Waals surface area (Å²) in [6.45, 7) is 1.28. The Bertz CT molecular complexity index is 328. The molecule has 2 rings (SSSR count). The number of aromatic nitrogens is 2. The van der Waals surface area contributed by atoms with Gasteiger partial charge >= 0.3 is 0 Å². The van der Waals surface area contributed by atoms with E-state index in [2.05, 4.69) is 9.97 Å². The molecule has 1 aromatic rings. The molecule has 15 heavy (non-hydrogen) atoms. The van der Waals surface area contributed by atoms with Crippen molar-refractivity contribution in [3.63, 3.8) is 0 Å². The lowest BCUT2D eigenvalue weighted by atomic mass is 10.0. The van der Waals surface area contributed by atoms with Crippen LogP contribution in [0.5, 0.6) is 5.88 Å². The molecule has 0 amide bonds. The number of nitrogens with zero attached hydrogens (tertiary/aromatic N) is 2. The quantitative estimate of drug-likeness (QED) is 0.750.